The maximum atomic E-state index is 12.1. The Morgan fingerprint density at radius 3 is 2.35 bits per heavy atom. The molecular formula is C12H19N3O5. The van der Waals surface area contributed by atoms with Gasteiger partial charge in [-0.05, 0) is 13.3 Å². The minimum atomic E-state index is -0.983. The topological polar surface area (TPSA) is 110 Å². The van der Waals surface area contributed by atoms with Gasteiger partial charge in [-0.15, -0.1) is 0 Å². The van der Waals surface area contributed by atoms with Crippen LogP contribution >= 0.6 is 0 Å². The van der Waals surface area contributed by atoms with Crippen LogP contribution in [0, 0.1) is 0 Å². The highest BCUT2D eigenvalue weighted by molar-refractivity contribution is 6.08. The molecule has 2 aliphatic rings. The zero-order valence-corrected chi connectivity index (χ0v) is 11.5. The van der Waals surface area contributed by atoms with Crippen LogP contribution in [0.4, 0.5) is 4.79 Å². The number of hydrogen-bond acceptors (Lipinski definition) is 5. The molecule has 0 aromatic rings. The Hall–Kier alpha value is -1.67. The zero-order valence-electron chi connectivity index (χ0n) is 11.5. The smallest absolute Gasteiger partial charge is 0.325 e. The molecule has 2 heterocycles. The lowest BCUT2D eigenvalue weighted by Crippen LogP contribution is -2.45. The molecule has 0 bridgehead atoms. The number of urea groups is 1. The van der Waals surface area contributed by atoms with Crippen molar-refractivity contribution in [1.82, 2.24) is 15.1 Å². The maximum absolute atomic E-state index is 12.1. The third-order valence-corrected chi connectivity index (χ3v) is 3.96. The fourth-order valence-electron chi connectivity index (χ4n) is 2.34. The van der Waals surface area contributed by atoms with Gasteiger partial charge >= 0.3 is 6.03 Å². The van der Waals surface area contributed by atoms with Crippen LogP contribution in [-0.2, 0) is 9.59 Å². The van der Waals surface area contributed by atoms with Crippen molar-refractivity contribution in [2.75, 3.05) is 19.6 Å². The first-order valence-corrected chi connectivity index (χ1v) is 6.56. The van der Waals surface area contributed by atoms with Crippen molar-refractivity contribution in [1.29, 1.82) is 0 Å². The first-order chi connectivity index (χ1) is 9.28. The molecule has 8 nitrogen and oxygen atoms in total. The molecule has 0 saturated carbocycles. The predicted octanol–water partition coefficient (Wildman–Crippen LogP) is -1.73. The fraction of sp³-hybridized carbons (Fsp3) is 0.750. The number of hydrogen-bond donors (Lipinski definition) is 3. The number of amides is 4. The van der Waals surface area contributed by atoms with E-state index in [0.717, 1.165) is 4.90 Å². The van der Waals surface area contributed by atoms with E-state index in [0.29, 0.717) is 6.42 Å². The zero-order chi connectivity index (χ0) is 15.1. The van der Waals surface area contributed by atoms with Crippen LogP contribution in [0.3, 0.4) is 0 Å². The summed E-state index contributed by atoms with van der Waals surface area (Å²) in [4.78, 5) is 38.0. The van der Waals surface area contributed by atoms with E-state index in [9.17, 15) is 24.6 Å². The molecule has 2 fully saturated rings. The van der Waals surface area contributed by atoms with E-state index in [2.05, 4.69) is 5.32 Å². The van der Waals surface area contributed by atoms with Gasteiger partial charge in [-0.2, -0.15) is 0 Å². The largest absolute Gasteiger partial charge is 0.388 e. The summed E-state index contributed by atoms with van der Waals surface area (Å²) in [7, 11) is 0. The SMILES string of the molecule is CCC1(C)NC(=O)N(CC(=O)N2C[C@@H](O)[C@@H](O)C2)C1=O. The number of β-amino-alcohol motifs (C(OH)–C–C–N with tert-alkyl or cyclic N) is 2. The Morgan fingerprint density at radius 1 is 1.35 bits per heavy atom. The molecule has 0 aromatic heterocycles. The van der Waals surface area contributed by atoms with E-state index in [1.54, 1.807) is 13.8 Å². The van der Waals surface area contributed by atoms with Crippen LogP contribution in [0.1, 0.15) is 20.3 Å². The number of rotatable bonds is 3. The Kier molecular flexibility index (Phi) is 3.70. The fourth-order valence-corrected chi connectivity index (χ4v) is 2.34. The average molecular weight is 285 g/mol. The molecule has 0 spiro atoms. The van der Waals surface area contributed by atoms with Crippen LogP contribution < -0.4 is 5.32 Å². The van der Waals surface area contributed by atoms with Crippen molar-refractivity contribution in [2.45, 2.75) is 38.0 Å². The van der Waals surface area contributed by atoms with E-state index >= 15 is 0 Å². The Balaban J connectivity index is 2.02. The number of carbonyl (C=O) groups is 3. The summed E-state index contributed by atoms with van der Waals surface area (Å²) in [6.07, 6.45) is -1.53. The number of aliphatic hydroxyl groups is 2. The van der Waals surface area contributed by atoms with Crippen LogP contribution in [0.15, 0.2) is 0 Å². The molecule has 0 radical (unpaired) electrons. The lowest BCUT2D eigenvalue weighted by atomic mass is 9.99. The molecule has 0 aromatic carbocycles. The molecule has 3 N–H and O–H groups in total. The summed E-state index contributed by atoms with van der Waals surface area (Å²) in [6.45, 7) is 3.03. The van der Waals surface area contributed by atoms with Crippen LogP contribution in [0.5, 0.6) is 0 Å². The predicted molar refractivity (Wildman–Crippen MR) is 67.5 cm³/mol. The number of likely N-dealkylation sites (tertiary alicyclic amines) is 1. The summed E-state index contributed by atoms with van der Waals surface area (Å²) in [5, 5.41) is 21.4. The molecular weight excluding hydrogens is 266 g/mol. The Bertz CT molecular complexity index is 444. The van der Waals surface area contributed by atoms with Gasteiger partial charge in [0.15, 0.2) is 0 Å². The molecule has 4 amide bonds. The van der Waals surface area contributed by atoms with Crippen LogP contribution in [0.2, 0.25) is 0 Å². The first-order valence-electron chi connectivity index (χ1n) is 6.56. The van der Waals surface area contributed by atoms with Crippen LogP contribution in [0.25, 0.3) is 0 Å². The van der Waals surface area contributed by atoms with Gasteiger partial charge in [0.1, 0.15) is 12.1 Å². The van der Waals surface area contributed by atoms with E-state index in [1.807, 2.05) is 0 Å². The van der Waals surface area contributed by atoms with Gasteiger partial charge in [-0.1, -0.05) is 6.92 Å². The number of nitrogens with one attached hydrogen (secondary N) is 1. The number of aliphatic hydroxyl groups excluding tert-OH is 2. The van der Waals surface area contributed by atoms with Crippen LogP contribution in [-0.4, -0.2) is 75.2 Å². The molecule has 3 atom stereocenters. The quantitative estimate of drug-likeness (QED) is 0.534. The van der Waals surface area contributed by atoms with E-state index in [4.69, 9.17) is 0 Å². The van der Waals surface area contributed by atoms with Gasteiger partial charge in [0.05, 0.1) is 12.2 Å². The minimum absolute atomic E-state index is 0.00863. The van der Waals surface area contributed by atoms with Crippen molar-refractivity contribution >= 4 is 17.8 Å². The number of nitrogens with zero attached hydrogens (tertiary/aromatic N) is 2. The Morgan fingerprint density at radius 2 is 1.90 bits per heavy atom. The molecule has 0 aliphatic carbocycles. The monoisotopic (exact) mass is 285 g/mol. The molecule has 1 unspecified atom stereocenters. The van der Waals surface area contributed by atoms with Gasteiger partial charge in [-0.3, -0.25) is 14.5 Å². The van der Waals surface area contributed by atoms with Gasteiger partial charge in [-0.25, -0.2) is 4.79 Å². The normalized spacial score (nSPS) is 33.8. The summed E-state index contributed by atoms with van der Waals surface area (Å²) in [6, 6.07) is -0.590. The van der Waals surface area contributed by atoms with Gasteiger partial charge in [0.25, 0.3) is 5.91 Å². The van der Waals surface area contributed by atoms with Crippen molar-refractivity contribution in [3.63, 3.8) is 0 Å². The second kappa shape index (κ2) is 5.02. The van der Waals surface area contributed by atoms with Crippen molar-refractivity contribution in [2.24, 2.45) is 0 Å². The highest BCUT2D eigenvalue weighted by Crippen LogP contribution is 2.21. The van der Waals surface area contributed by atoms with Gasteiger partial charge < -0.3 is 20.4 Å². The molecule has 8 heteroatoms. The highest BCUT2D eigenvalue weighted by Gasteiger charge is 2.47. The van der Waals surface area contributed by atoms with Gasteiger partial charge in [0.2, 0.25) is 5.91 Å². The maximum Gasteiger partial charge on any atom is 0.325 e. The second-order valence-corrected chi connectivity index (χ2v) is 5.44. The third kappa shape index (κ3) is 2.36. The lowest BCUT2D eigenvalue weighted by Gasteiger charge is -2.21. The lowest BCUT2D eigenvalue weighted by molar-refractivity contribution is -0.138. The Labute approximate surface area is 116 Å². The van der Waals surface area contributed by atoms with Crippen molar-refractivity contribution in [3.8, 4) is 0 Å². The highest BCUT2D eigenvalue weighted by atomic mass is 16.3. The summed E-state index contributed by atoms with van der Waals surface area (Å²) in [5.74, 6) is -0.900. The molecule has 20 heavy (non-hydrogen) atoms. The standard InChI is InChI=1S/C12H19N3O5/c1-3-12(2)10(19)15(11(20)13-12)6-9(18)14-4-7(16)8(17)5-14/h7-8,16-17H,3-6H2,1-2H3,(H,13,20)/t7-,8+,12?. The molecule has 2 saturated heterocycles. The minimum Gasteiger partial charge on any atom is -0.388 e. The average Bonchev–Trinajstić information content (AvgIpc) is 2.83. The molecule has 2 rings (SSSR count). The summed E-state index contributed by atoms with van der Waals surface area (Å²) >= 11 is 0. The van der Waals surface area contributed by atoms with Crippen molar-refractivity contribution in [3.05, 3.63) is 0 Å². The number of carbonyl (C=O) groups excluding carboxylic acids is 3. The van der Waals surface area contributed by atoms with Gasteiger partial charge in [0, 0.05) is 13.1 Å². The first kappa shape index (κ1) is 14.7. The molecule has 2 aliphatic heterocycles. The summed E-state index contributed by atoms with van der Waals surface area (Å²) < 4.78 is 0. The van der Waals surface area contributed by atoms with Crippen molar-refractivity contribution < 1.29 is 24.6 Å². The summed E-state index contributed by atoms with van der Waals surface area (Å²) in [5.41, 5.74) is -0.971. The molecule has 112 valence electrons. The number of imide groups is 1. The van der Waals surface area contributed by atoms with E-state index in [-0.39, 0.29) is 19.6 Å². The second-order valence-electron chi connectivity index (χ2n) is 5.44. The van der Waals surface area contributed by atoms with E-state index in [1.165, 1.54) is 4.90 Å². The van der Waals surface area contributed by atoms with E-state index < -0.39 is 35.6 Å². The third-order valence-electron chi connectivity index (χ3n) is 3.96.